The first-order valence-electron chi connectivity index (χ1n) is 6.37. The number of nitrogens with zero attached hydrogens (tertiary/aromatic N) is 1. The first-order chi connectivity index (χ1) is 8.93. The molecule has 2 rings (SSSR count). The van der Waals surface area contributed by atoms with Crippen LogP contribution in [0, 0.1) is 5.92 Å². The summed E-state index contributed by atoms with van der Waals surface area (Å²) < 4.78 is 26.0. The summed E-state index contributed by atoms with van der Waals surface area (Å²) in [4.78, 5) is 0.284. The van der Waals surface area contributed by atoms with Gasteiger partial charge in [0.15, 0.2) is 0 Å². The Morgan fingerprint density at radius 1 is 1.32 bits per heavy atom. The molecular formula is C13H20N2O3S. The van der Waals surface area contributed by atoms with E-state index in [1.807, 2.05) is 0 Å². The van der Waals surface area contributed by atoms with E-state index < -0.39 is 10.0 Å². The molecule has 5 nitrogen and oxygen atoms in total. The number of hydrogen-bond acceptors (Lipinski definition) is 4. The SMILES string of the molecule is CN(CC1CC(O)C1)S(=O)(=O)c1ccc(CN)cc1. The molecule has 0 aromatic heterocycles. The van der Waals surface area contributed by atoms with Gasteiger partial charge in [-0.05, 0) is 36.5 Å². The highest BCUT2D eigenvalue weighted by atomic mass is 32.2. The molecule has 1 aromatic carbocycles. The Balaban J connectivity index is 2.07. The highest BCUT2D eigenvalue weighted by Crippen LogP contribution is 2.29. The molecule has 0 amide bonds. The predicted molar refractivity (Wildman–Crippen MR) is 72.9 cm³/mol. The second-order valence-corrected chi connectivity index (χ2v) is 7.17. The molecule has 19 heavy (non-hydrogen) atoms. The van der Waals surface area contributed by atoms with Gasteiger partial charge in [0, 0.05) is 20.1 Å². The number of rotatable bonds is 5. The maximum atomic E-state index is 12.3. The molecule has 1 saturated carbocycles. The van der Waals surface area contributed by atoms with Gasteiger partial charge in [-0.1, -0.05) is 12.1 Å². The highest BCUT2D eigenvalue weighted by molar-refractivity contribution is 7.89. The monoisotopic (exact) mass is 284 g/mol. The lowest BCUT2D eigenvalue weighted by molar-refractivity contribution is 0.0367. The predicted octanol–water partition coefficient (Wildman–Crippen LogP) is 0.537. The zero-order valence-corrected chi connectivity index (χ0v) is 11.8. The van der Waals surface area contributed by atoms with Gasteiger partial charge in [-0.2, -0.15) is 0 Å². The van der Waals surface area contributed by atoms with Gasteiger partial charge in [-0.25, -0.2) is 12.7 Å². The summed E-state index contributed by atoms with van der Waals surface area (Å²) in [6, 6.07) is 6.63. The number of benzene rings is 1. The Bertz CT molecular complexity index is 521. The molecule has 0 spiro atoms. The third kappa shape index (κ3) is 3.14. The van der Waals surface area contributed by atoms with Gasteiger partial charge in [0.05, 0.1) is 11.0 Å². The van der Waals surface area contributed by atoms with Crippen molar-refractivity contribution < 1.29 is 13.5 Å². The van der Waals surface area contributed by atoms with E-state index >= 15 is 0 Å². The molecule has 0 bridgehead atoms. The van der Waals surface area contributed by atoms with E-state index in [-0.39, 0.29) is 16.9 Å². The van der Waals surface area contributed by atoms with Crippen molar-refractivity contribution in [3.8, 4) is 0 Å². The van der Waals surface area contributed by atoms with Crippen LogP contribution in [0.1, 0.15) is 18.4 Å². The van der Waals surface area contributed by atoms with Crippen LogP contribution in [-0.2, 0) is 16.6 Å². The van der Waals surface area contributed by atoms with Crippen LogP contribution in [0.25, 0.3) is 0 Å². The molecule has 0 heterocycles. The van der Waals surface area contributed by atoms with Crippen LogP contribution in [0.2, 0.25) is 0 Å². The van der Waals surface area contributed by atoms with Crippen LogP contribution in [0.15, 0.2) is 29.2 Å². The van der Waals surface area contributed by atoms with Crippen molar-refractivity contribution in [3.63, 3.8) is 0 Å². The first-order valence-corrected chi connectivity index (χ1v) is 7.81. The van der Waals surface area contributed by atoms with Crippen molar-refractivity contribution in [2.45, 2.75) is 30.4 Å². The van der Waals surface area contributed by atoms with E-state index in [0.717, 1.165) is 5.56 Å². The normalized spacial score (nSPS) is 23.4. The fourth-order valence-electron chi connectivity index (χ4n) is 2.29. The molecule has 0 aliphatic heterocycles. The summed E-state index contributed by atoms with van der Waals surface area (Å²) in [5.74, 6) is 0.262. The van der Waals surface area contributed by atoms with Crippen LogP contribution in [0.3, 0.4) is 0 Å². The van der Waals surface area contributed by atoms with E-state index in [2.05, 4.69) is 0 Å². The van der Waals surface area contributed by atoms with Crippen molar-refractivity contribution in [2.75, 3.05) is 13.6 Å². The Morgan fingerprint density at radius 3 is 2.37 bits per heavy atom. The third-order valence-electron chi connectivity index (χ3n) is 3.59. The Labute approximate surface area is 114 Å². The van der Waals surface area contributed by atoms with Crippen LogP contribution in [-0.4, -0.2) is 37.5 Å². The highest BCUT2D eigenvalue weighted by Gasteiger charge is 2.31. The van der Waals surface area contributed by atoms with Gasteiger partial charge >= 0.3 is 0 Å². The summed E-state index contributed by atoms with van der Waals surface area (Å²) in [6.45, 7) is 0.855. The average molecular weight is 284 g/mol. The molecule has 1 fully saturated rings. The third-order valence-corrected chi connectivity index (χ3v) is 5.43. The zero-order valence-electron chi connectivity index (χ0n) is 11.0. The lowest BCUT2D eigenvalue weighted by atomic mass is 9.82. The molecule has 106 valence electrons. The molecule has 1 aliphatic carbocycles. The van der Waals surface area contributed by atoms with E-state index in [1.54, 1.807) is 31.3 Å². The summed E-state index contributed by atoms with van der Waals surface area (Å²) in [7, 11) is -1.86. The smallest absolute Gasteiger partial charge is 0.242 e. The van der Waals surface area contributed by atoms with Crippen molar-refractivity contribution in [1.29, 1.82) is 0 Å². The van der Waals surface area contributed by atoms with E-state index in [4.69, 9.17) is 5.73 Å². The van der Waals surface area contributed by atoms with Crippen LogP contribution < -0.4 is 5.73 Å². The molecule has 3 N–H and O–H groups in total. The van der Waals surface area contributed by atoms with E-state index in [1.165, 1.54) is 4.31 Å². The first kappa shape index (κ1) is 14.5. The molecule has 6 heteroatoms. The minimum atomic E-state index is -3.44. The van der Waals surface area contributed by atoms with E-state index in [9.17, 15) is 13.5 Å². The lowest BCUT2D eigenvalue weighted by Gasteiger charge is -2.34. The van der Waals surface area contributed by atoms with Gasteiger partial charge in [0.1, 0.15) is 0 Å². The van der Waals surface area contributed by atoms with Crippen LogP contribution in [0.4, 0.5) is 0 Å². The van der Waals surface area contributed by atoms with Gasteiger partial charge in [-0.3, -0.25) is 0 Å². The largest absolute Gasteiger partial charge is 0.393 e. The summed E-state index contributed by atoms with van der Waals surface area (Å²) in [5, 5.41) is 9.23. The summed E-state index contributed by atoms with van der Waals surface area (Å²) in [5.41, 5.74) is 6.40. The van der Waals surface area contributed by atoms with Crippen LogP contribution >= 0.6 is 0 Å². The minimum Gasteiger partial charge on any atom is -0.393 e. The Morgan fingerprint density at radius 2 is 1.89 bits per heavy atom. The average Bonchev–Trinajstić information content (AvgIpc) is 2.36. The maximum Gasteiger partial charge on any atom is 0.242 e. The number of aliphatic hydroxyl groups excluding tert-OH is 1. The molecule has 1 aliphatic rings. The van der Waals surface area contributed by atoms with Crippen LogP contribution in [0.5, 0.6) is 0 Å². The number of hydrogen-bond donors (Lipinski definition) is 2. The van der Waals surface area contributed by atoms with Gasteiger partial charge in [0.2, 0.25) is 10.0 Å². The van der Waals surface area contributed by atoms with Crippen molar-refractivity contribution >= 4 is 10.0 Å². The number of sulfonamides is 1. The summed E-state index contributed by atoms with van der Waals surface area (Å²) in [6.07, 6.45) is 1.11. The number of aliphatic hydroxyl groups is 1. The van der Waals surface area contributed by atoms with Gasteiger partial charge < -0.3 is 10.8 Å². The quantitative estimate of drug-likeness (QED) is 0.826. The zero-order chi connectivity index (χ0) is 14.0. The Kier molecular flexibility index (Phi) is 4.25. The standard InChI is InChI=1S/C13H20N2O3S/c1-15(9-11-6-12(16)7-11)19(17,18)13-4-2-10(8-14)3-5-13/h2-5,11-12,16H,6-9,14H2,1H3. The molecule has 0 saturated heterocycles. The van der Waals surface area contributed by atoms with Crippen molar-refractivity contribution in [2.24, 2.45) is 11.7 Å². The fraction of sp³-hybridized carbons (Fsp3) is 0.538. The summed E-state index contributed by atoms with van der Waals surface area (Å²) >= 11 is 0. The molecule has 0 radical (unpaired) electrons. The van der Waals surface area contributed by atoms with Crippen molar-refractivity contribution in [3.05, 3.63) is 29.8 Å². The second-order valence-electron chi connectivity index (χ2n) is 5.12. The van der Waals surface area contributed by atoms with Gasteiger partial charge in [-0.15, -0.1) is 0 Å². The molecule has 0 atom stereocenters. The molecule has 0 unspecified atom stereocenters. The fourth-order valence-corrected chi connectivity index (χ4v) is 3.54. The van der Waals surface area contributed by atoms with E-state index in [0.29, 0.717) is 25.9 Å². The molecular weight excluding hydrogens is 264 g/mol. The number of nitrogens with two attached hydrogens (primary N) is 1. The maximum absolute atomic E-state index is 12.3. The molecule has 1 aromatic rings. The Hall–Kier alpha value is -0.950. The minimum absolute atomic E-state index is 0.259. The second kappa shape index (κ2) is 5.58. The van der Waals surface area contributed by atoms with Gasteiger partial charge in [0.25, 0.3) is 0 Å². The lowest BCUT2D eigenvalue weighted by Crippen LogP contribution is -2.39. The van der Waals surface area contributed by atoms with Crippen molar-refractivity contribution in [1.82, 2.24) is 4.31 Å². The topological polar surface area (TPSA) is 83.6 Å².